The molecule has 37 heavy (non-hydrogen) atoms. The Morgan fingerprint density at radius 2 is 1.84 bits per heavy atom. The molecule has 0 spiro atoms. The number of fused-ring (bicyclic) bond motifs is 1. The molecule has 0 unspecified atom stereocenters. The normalized spacial score (nSPS) is 11.5. The molecule has 0 bridgehead atoms. The summed E-state index contributed by atoms with van der Waals surface area (Å²) in [5.41, 5.74) is 4.01. The zero-order valence-corrected chi connectivity index (χ0v) is 19.8. The van der Waals surface area contributed by atoms with Crippen molar-refractivity contribution >= 4 is 28.7 Å². The van der Waals surface area contributed by atoms with E-state index in [0.29, 0.717) is 28.5 Å². The fraction of sp³-hybridized carbons (Fsp3) is 0.111. The molecule has 2 N–H and O–H groups in total. The first-order valence-corrected chi connectivity index (χ1v) is 11.3. The van der Waals surface area contributed by atoms with Crippen molar-refractivity contribution in [2.45, 2.75) is 20.0 Å². The number of carbonyl (C=O) groups is 1. The third kappa shape index (κ3) is 4.99. The second-order valence-electron chi connectivity index (χ2n) is 8.50. The SMILES string of the molecule is Cc1ccc(NC(=O)c2cccc(C(F)(F)F)c2)cc1Nc1nc(-c2cccnc2)cn2c(C)cnc12. The number of anilines is 3. The molecule has 3 heterocycles. The molecule has 0 radical (unpaired) electrons. The van der Waals surface area contributed by atoms with Crippen LogP contribution in [-0.4, -0.2) is 25.3 Å². The zero-order chi connectivity index (χ0) is 26.2. The first-order chi connectivity index (χ1) is 17.7. The lowest BCUT2D eigenvalue weighted by molar-refractivity contribution is -0.137. The highest BCUT2D eigenvalue weighted by molar-refractivity contribution is 6.04. The average Bonchev–Trinajstić information content (AvgIpc) is 3.27. The van der Waals surface area contributed by atoms with Crippen LogP contribution >= 0.6 is 0 Å². The first-order valence-electron chi connectivity index (χ1n) is 11.3. The van der Waals surface area contributed by atoms with Gasteiger partial charge in [0.1, 0.15) is 0 Å². The number of halogens is 3. The van der Waals surface area contributed by atoms with Gasteiger partial charge < -0.3 is 10.6 Å². The highest BCUT2D eigenvalue weighted by Crippen LogP contribution is 2.31. The van der Waals surface area contributed by atoms with Crippen LogP contribution in [0.2, 0.25) is 0 Å². The summed E-state index contributed by atoms with van der Waals surface area (Å²) in [5, 5.41) is 5.98. The standard InChI is InChI=1S/C27H21F3N6O/c1-16-8-9-21(33-26(37)18-5-3-7-20(11-18)27(28,29)30)12-22(16)34-24-25-32-13-17(2)36(25)15-23(35-24)19-6-4-10-31-14-19/h3-15H,1-2H3,(H,33,37)(H,34,35). The summed E-state index contributed by atoms with van der Waals surface area (Å²) in [4.78, 5) is 26.1. The zero-order valence-electron chi connectivity index (χ0n) is 19.8. The van der Waals surface area contributed by atoms with E-state index in [1.807, 2.05) is 36.6 Å². The van der Waals surface area contributed by atoms with Gasteiger partial charge in [0.15, 0.2) is 11.5 Å². The van der Waals surface area contributed by atoms with E-state index in [0.717, 1.165) is 29.0 Å². The predicted molar refractivity (Wildman–Crippen MR) is 135 cm³/mol. The van der Waals surface area contributed by atoms with Gasteiger partial charge in [-0.2, -0.15) is 13.2 Å². The first kappa shape index (κ1) is 24.0. The monoisotopic (exact) mass is 502 g/mol. The number of nitrogens with zero attached hydrogens (tertiary/aromatic N) is 4. The highest BCUT2D eigenvalue weighted by Gasteiger charge is 2.30. The van der Waals surface area contributed by atoms with E-state index < -0.39 is 17.6 Å². The summed E-state index contributed by atoms with van der Waals surface area (Å²) in [6.07, 6.45) is 2.50. The van der Waals surface area contributed by atoms with Crippen LogP contribution < -0.4 is 10.6 Å². The van der Waals surface area contributed by atoms with E-state index in [9.17, 15) is 18.0 Å². The van der Waals surface area contributed by atoms with Crippen molar-refractivity contribution < 1.29 is 18.0 Å². The van der Waals surface area contributed by atoms with Crippen molar-refractivity contribution in [1.29, 1.82) is 0 Å². The van der Waals surface area contributed by atoms with Crippen LogP contribution in [0.15, 0.2) is 79.4 Å². The summed E-state index contributed by atoms with van der Waals surface area (Å²) in [5.74, 6) is -0.150. The molecule has 0 saturated carbocycles. The molecule has 7 nitrogen and oxygen atoms in total. The number of hydrogen-bond donors (Lipinski definition) is 2. The van der Waals surface area contributed by atoms with E-state index in [-0.39, 0.29) is 5.56 Å². The molecule has 186 valence electrons. The number of amides is 1. The van der Waals surface area contributed by atoms with Crippen molar-refractivity contribution in [3.63, 3.8) is 0 Å². The third-order valence-electron chi connectivity index (χ3n) is 5.84. The molecule has 0 fully saturated rings. The molecule has 0 aliphatic heterocycles. The molecule has 5 rings (SSSR count). The summed E-state index contributed by atoms with van der Waals surface area (Å²) in [6, 6.07) is 13.2. The predicted octanol–water partition coefficient (Wildman–Crippen LogP) is 6.42. The Bertz CT molecular complexity index is 1610. The number of aryl methyl sites for hydroxylation is 2. The maximum atomic E-state index is 13.1. The maximum Gasteiger partial charge on any atom is 0.416 e. The summed E-state index contributed by atoms with van der Waals surface area (Å²) >= 11 is 0. The Balaban J connectivity index is 1.46. The molecule has 10 heteroatoms. The van der Waals surface area contributed by atoms with E-state index in [1.54, 1.807) is 36.8 Å². The van der Waals surface area contributed by atoms with Gasteiger partial charge in [0.2, 0.25) is 0 Å². The van der Waals surface area contributed by atoms with Gasteiger partial charge in [-0.1, -0.05) is 12.1 Å². The minimum atomic E-state index is -4.54. The minimum Gasteiger partial charge on any atom is -0.337 e. The van der Waals surface area contributed by atoms with E-state index >= 15 is 0 Å². The molecular formula is C27H21F3N6O. The number of alkyl halides is 3. The molecule has 5 aromatic rings. The fourth-order valence-corrected chi connectivity index (χ4v) is 3.85. The number of hydrogen-bond acceptors (Lipinski definition) is 5. The van der Waals surface area contributed by atoms with E-state index in [2.05, 4.69) is 20.6 Å². The Morgan fingerprint density at radius 1 is 1.00 bits per heavy atom. The number of nitrogens with one attached hydrogen (secondary N) is 2. The second kappa shape index (κ2) is 9.38. The third-order valence-corrected chi connectivity index (χ3v) is 5.84. The van der Waals surface area contributed by atoms with Gasteiger partial charge in [0, 0.05) is 53.0 Å². The van der Waals surface area contributed by atoms with Crippen LogP contribution in [-0.2, 0) is 6.18 Å². The fourth-order valence-electron chi connectivity index (χ4n) is 3.85. The van der Waals surface area contributed by atoms with Gasteiger partial charge in [0.05, 0.1) is 11.3 Å². The average molecular weight is 503 g/mol. The molecule has 3 aromatic heterocycles. The highest BCUT2D eigenvalue weighted by atomic mass is 19.4. The van der Waals surface area contributed by atoms with E-state index in [1.165, 1.54) is 12.1 Å². The van der Waals surface area contributed by atoms with Crippen molar-refractivity contribution in [2.24, 2.45) is 0 Å². The topological polar surface area (TPSA) is 84.2 Å². The van der Waals surface area contributed by atoms with Crippen LogP contribution in [0.3, 0.4) is 0 Å². The van der Waals surface area contributed by atoms with Gasteiger partial charge in [0.25, 0.3) is 5.91 Å². The van der Waals surface area contributed by atoms with Crippen LogP contribution in [0.25, 0.3) is 16.9 Å². The summed E-state index contributed by atoms with van der Waals surface area (Å²) in [7, 11) is 0. The van der Waals surface area contributed by atoms with Crippen molar-refractivity contribution in [3.8, 4) is 11.3 Å². The van der Waals surface area contributed by atoms with E-state index in [4.69, 9.17) is 4.98 Å². The van der Waals surface area contributed by atoms with Gasteiger partial charge >= 0.3 is 6.18 Å². The maximum absolute atomic E-state index is 13.1. The second-order valence-corrected chi connectivity index (χ2v) is 8.50. The lowest BCUT2D eigenvalue weighted by Gasteiger charge is -2.14. The molecule has 0 aliphatic rings. The van der Waals surface area contributed by atoms with Crippen LogP contribution in [0.5, 0.6) is 0 Å². The molecule has 0 aliphatic carbocycles. The Morgan fingerprint density at radius 3 is 2.59 bits per heavy atom. The van der Waals surface area contributed by atoms with Crippen LogP contribution in [0.4, 0.5) is 30.4 Å². The van der Waals surface area contributed by atoms with Gasteiger partial charge in [-0.15, -0.1) is 0 Å². The van der Waals surface area contributed by atoms with Gasteiger partial charge in [-0.25, -0.2) is 9.97 Å². The molecule has 1 amide bonds. The largest absolute Gasteiger partial charge is 0.416 e. The van der Waals surface area contributed by atoms with Crippen LogP contribution in [0, 0.1) is 13.8 Å². The van der Waals surface area contributed by atoms with Gasteiger partial charge in [-0.05, 0) is 61.9 Å². The summed E-state index contributed by atoms with van der Waals surface area (Å²) < 4.78 is 41.1. The number of pyridine rings is 1. The number of imidazole rings is 1. The van der Waals surface area contributed by atoms with Crippen molar-refractivity contribution in [2.75, 3.05) is 10.6 Å². The molecule has 0 saturated heterocycles. The Kier molecular flexibility index (Phi) is 6.08. The lowest BCUT2D eigenvalue weighted by Crippen LogP contribution is -2.14. The minimum absolute atomic E-state index is 0.0923. The summed E-state index contributed by atoms with van der Waals surface area (Å²) in [6.45, 7) is 3.83. The quantitative estimate of drug-likeness (QED) is 0.290. The van der Waals surface area contributed by atoms with Gasteiger partial charge in [-0.3, -0.25) is 14.2 Å². The number of aromatic nitrogens is 4. The van der Waals surface area contributed by atoms with Crippen molar-refractivity contribution in [3.05, 3.63) is 102 Å². The Labute approximate surface area is 210 Å². The number of carbonyl (C=O) groups excluding carboxylic acids is 1. The molecule has 0 atom stereocenters. The Hall–Kier alpha value is -4.73. The van der Waals surface area contributed by atoms with Crippen LogP contribution in [0.1, 0.15) is 27.2 Å². The number of benzene rings is 2. The molecular weight excluding hydrogens is 481 g/mol. The molecule has 2 aromatic carbocycles. The number of rotatable bonds is 5. The smallest absolute Gasteiger partial charge is 0.337 e. The van der Waals surface area contributed by atoms with Crippen molar-refractivity contribution in [1.82, 2.24) is 19.4 Å². The lowest BCUT2D eigenvalue weighted by atomic mass is 10.1.